The number of carbonyl (C=O) groups is 1. The van der Waals surface area contributed by atoms with Crippen LogP contribution < -0.4 is 15.4 Å². The molecule has 132 valence electrons. The number of hydrogen-bond acceptors (Lipinski definition) is 6. The van der Waals surface area contributed by atoms with E-state index in [4.69, 9.17) is 4.74 Å². The number of carbonyl (C=O) groups excluding carboxylic acids is 1. The van der Waals surface area contributed by atoms with Crippen LogP contribution in [0.4, 0.5) is 21.7 Å². The Morgan fingerprint density at radius 1 is 1.23 bits per heavy atom. The van der Waals surface area contributed by atoms with Crippen molar-refractivity contribution in [2.45, 2.75) is 6.92 Å². The van der Waals surface area contributed by atoms with Gasteiger partial charge in [0.1, 0.15) is 18.0 Å². The quantitative estimate of drug-likeness (QED) is 0.683. The fraction of sp³-hybridized carbons (Fsp3) is 0.111. The number of benzene rings is 1. The molecular formula is C18H16FN5O2. The Balaban J connectivity index is 1.96. The minimum absolute atomic E-state index is 0.120. The third-order valence-electron chi connectivity index (χ3n) is 3.50. The van der Waals surface area contributed by atoms with Crippen molar-refractivity contribution in [3.63, 3.8) is 0 Å². The van der Waals surface area contributed by atoms with Gasteiger partial charge in [-0.1, -0.05) is 6.08 Å². The minimum atomic E-state index is -0.455. The third kappa shape index (κ3) is 3.75. The van der Waals surface area contributed by atoms with Crippen LogP contribution in [0.5, 0.6) is 5.75 Å². The van der Waals surface area contributed by atoms with Crippen LogP contribution in [0.1, 0.15) is 6.92 Å². The second-order valence-electron chi connectivity index (χ2n) is 5.27. The summed E-state index contributed by atoms with van der Waals surface area (Å²) in [5, 5.41) is 6.42. The lowest BCUT2D eigenvalue weighted by molar-refractivity contribution is -0.111. The number of nitrogens with zero attached hydrogens (tertiary/aromatic N) is 3. The van der Waals surface area contributed by atoms with E-state index in [0.717, 1.165) is 0 Å². The van der Waals surface area contributed by atoms with Crippen molar-refractivity contribution < 1.29 is 13.9 Å². The summed E-state index contributed by atoms with van der Waals surface area (Å²) in [5.74, 6) is 0.245. The number of rotatable bonds is 5. The van der Waals surface area contributed by atoms with Gasteiger partial charge in [0.25, 0.3) is 0 Å². The highest BCUT2D eigenvalue weighted by Crippen LogP contribution is 2.27. The molecule has 0 aliphatic rings. The molecule has 2 aromatic heterocycles. The average molecular weight is 353 g/mol. The van der Waals surface area contributed by atoms with Crippen molar-refractivity contribution in [1.82, 2.24) is 15.0 Å². The van der Waals surface area contributed by atoms with Gasteiger partial charge in [-0.15, -0.1) is 0 Å². The normalized spacial score (nSPS) is 10.9. The molecule has 3 rings (SSSR count). The molecule has 0 radical (unpaired) electrons. The van der Waals surface area contributed by atoms with Crippen molar-refractivity contribution in [2.75, 3.05) is 17.7 Å². The predicted octanol–water partition coefficient (Wildman–Crippen LogP) is 3.43. The summed E-state index contributed by atoms with van der Waals surface area (Å²) in [6, 6.07) is 6.07. The van der Waals surface area contributed by atoms with Crippen LogP contribution in [0, 0.1) is 5.82 Å². The van der Waals surface area contributed by atoms with Crippen LogP contribution in [0.15, 0.2) is 48.9 Å². The fourth-order valence-electron chi connectivity index (χ4n) is 2.32. The Bertz CT molecular complexity index is 990. The first-order valence-corrected chi connectivity index (χ1v) is 7.75. The molecule has 2 heterocycles. The van der Waals surface area contributed by atoms with Gasteiger partial charge in [-0.05, 0) is 31.2 Å². The number of aromatic nitrogens is 3. The number of pyridine rings is 1. The van der Waals surface area contributed by atoms with Crippen LogP contribution in [0.3, 0.4) is 0 Å². The Labute approximate surface area is 149 Å². The smallest absolute Gasteiger partial charge is 0.249 e. The number of fused-ring (bicyclic) bond motifs is 1. The molecular weight excluding hydrogens is 337 g/mol. The first kappa shape index (κ1) is 17.3. The maximum absolute atomic E-state index is 13.6. The largest absolute Gasteiger partial charge is 0.494 e. The molecule has 0 aliphatic heterocycles. The van der Waals surface area contributed by atoms with E-state index in [0.29, 0.717) is 28.2 Å². The van der Waals surface area contributed by atoms with Crippen molar-refractivity contribution in [1.29, 1.82) is 0 Å². The number of anilines is 3. The van der Waals surface area contributed by atoms with E-state index < -0.39 is 5.82 Å². The van der Waals surface area contributed by atoms with Crippen LogP contribution in [-0.2, 0) is 4.79 Å². The summed E-state index contributed by atoms with van der Waals surface area (Å²) < 4.78 is 18.6. The fourth-order valence-corrected chi connectivity index (χ4v) is 2.32. The molecule has 7 nitrogen and oxygen atoms in total. The monoisotopic (exact) mass is 353 g/mol. The van der Waals surface area contributed by atoms with Gasteiger partial charge in [0.2, 0.25) is 5.91 Å². The van der Waals surface area contributed by atoms with E-state index >= 15 is 0 Å². The predicted molar refractivity (Wildman–Crippen MR) is 97.0 cm³/mol. The van der Waals surface area contributed by atoms with E-state index in [2.05, 4.69) is 25.6 Å². The second kappa shape index (κ2) is 7.56. The zero-order chi connectivity index (χ0) is 18.5. The van der Waals surface area contributed by atoms with Crippen molar-refractivity contribution in [2.24, 2.45) is 0 Å². The first-order valence-electron chi connectivity index (χ1n) is 7.75. The van der Waals surface area contributed by atoms with Gasteiger partial charge in [0.05, 0.1) is 18.8 Å². The van der Waals surface area contributed by atoms with Gasteiger partial charge >= 0.3 is 0 Å². The Hall–Kier alpha value is -3.55. The molecule has 0 bridgehead atoms. The summed E-state index contributed by atoms with van der Waals surface area (Å²) in [7, 11) is 1.40. The number of hydrogen-bond donors (Lipinski definition) is 2. The van der Waals surface area contributed by atoms with Crippen molar-refractivity contribution in [3.05, 3.63) is 54.8 Å². The highest BCUT2D eigenvalue weighted by molar-refractivity contribution is 6.00. The molecule has 0 unspecified atom stereocenters. The summed E-state index contributed by atoms with van der Waals surface area (Å²) in [6.07, 6.45) is 5.97. The van der Waals surface area contributed by atoms with E-state index in [1.807, 2.05) is 0 Å². The van der Waals surface area contributed by atoms with Crippen LogP contribution >= 0.6 is 0 Å². The maximum atomic E-state index is 13.6. The molecule has 1 aromatic carbocycles. The van der Waals surface area contributed by atoms with Crippen molar-refractivity contribution >= 4 is 34.1 Å². The SMILES string of the molecule is C/C=C/C(=O)Nc1cc2c(Nc3ccc(F)c(OC)c3)ncnc2cn1. The molecule has 0 spiro atoms. The molecule has 3 aromatic rings. The Morgan fingerprint density at radius 2 is 2.08 bits per heavy atom. The molecule has 8 heteroatoms. The molecule has 0 saturated heterocycles. The van der Waals surface area contributed by atoms with E-state index in [1.165, 1.54) is 31.6 Å². The molecule has 2 N–H and O–H groups in total. The van der Waals surface area contributed by atoms with Crippen LogP contribution in [0.25, 0.3) is 10.9 Å². The molecule has 0 aliphatic carbocycles. The third-order valence-corrected chi connectivity index (χ3v) is 3.50. The lowest BCUT2D eigenvalue weighted by Crippen LogP contribution is -2.09. The second-order valence-corrected chi connectivity index (χ2v) is 5.27. The number of methoxy groups -OCH3 is 1. The molecule has 1 amide bonds. The van der Waals surface area contributed by atoms with Gasteiger partial charge in [-0.2, -0.15) is 0 Å². The summed E-state index contributed by atoms with van der Waals surface area (Å²) in [4.78, 5) is 24.2. The van der Waals surface area contributed by atoms with Gasteiger partial charge in [0.15, 0.2) is 11.6 Å². The maximum Gasteiger partial charge on any atom is 0.249 e. The topological polar surface area (TPSA) is 89.0 Å². The molecule has 26 heavy (non-hydrogen) atoms. The number of amides is 1. The number of halogens is 1. The first-order chi connectivity index (χ1) is 12.6. The Kier molecular flexibility index (Phi) is 5.02. The number of allylic oxidation sites excluding steroid dienone is 1. The zero-order valence-corrected chi connectivity index (χ0v) is 14.2. The highest BCUT2D eigenvalue weighted by atomic mass is 19.1. The standard InChI is InChI=1S/C18H16FN5O2/c1-3-4-17(25)24-16-8-12-14(9-20-16)21-10-22-18(12)23-11-5-6-13(19)15(7-11)26-2/h3-10H,1-2H3,(H,20,24,25)(H,21,22,23)/b4-3+. The Morgan fingerprint density at radius 3 is 2.85 bits per heavy atom. The van der Waals surface area contributed by atoms with E-state index in [9.17, 15) is 9.18 Å². The summed E-state index contributed by atoms with van der Waals surface area (Å²) in [6.45, 7) is 1.75. The van der Waals surface area contributed by atoms with E-state index in [1.54, 1.807) is 31.3 Å². The number of ether oxygens (including phenoxy) is 1. The lowest BCUT2D eigenvalue weighted by atomic mass is 10.2. The van der Waals surface area contributed by atoms with E-state index in [-0.39, 0.29) is 11.7 Å². The summed E-state index contributed by atoms with van der Waals surface area (Å²) >= 11 is 0. The van der Waals surface area contributed by atoms with Gasteiger partial charge < -0.3 is 15.4 Å². The summed E-state index contributed by atoms with van der Waals surface area (Å²) in [5.41, 5.74) is 1.19. The highest BCUT2D eigenvalue weighted by Gasteiger charge is 2.09. The molecule has 0 atom stereocenters. The molecule has 0 fully saturated rings. The number of nitrogens with one attached hydrogen (secondary N) is 2. The average Bonchev–Trinajstić information content (AvgIpc) is 2.64. The van der Waals surface area contributed by atoms with Gasteiger partial charge in [0, 0.05) is 17.1 Å². The van der Waals surface area contributed by atoms with Crippen LogP contribution in [0.2, 0.25) is 0 Å². The van der Waals surface area contributed by atoms with Crippen molar-refractivity contribution in [3.8, 4) is 5.75 Å². The minimum Gasteiger partial charge on any atom is -0.494 e. The van der Waals surface area contributed by atoms with Gasteiger partial charge in [-0.25, -0.2) is 19.3 Å². The van der Waals surface area contributed by atoms with Gasteiger partial charge in [-0.3, -0.25) is 4.79 Å². The molecule has 0 saturated carbocycles. The van der Waals surface area contributed by atoms with Crippen LogP contribution in [-0.4, -0.2) is 28.0 Å². The lowest BCUT2D eigenvalue weighted by Gasteiger charge is -2.11. The zero-order valence-electron chi connectivity index (χ0n) is 14.2.